The molecule has 0 N–H and O–H groups in total. The lowest BCUT2D eigenvalue weighted by molar-refractivity contribution is -0.384. The van der Waals surface area contributed by atoms with Gasteiger partial charge in [-0.3, -0.25) is 15.1 Å². The standard InChI is InChI=1S/C12H7F3N2O2/c13-12(14,15)11-5-4-9(7-16-11)8-2-1-3-10(6-8)17(18)19/h1-7H. The summed E-state index contributed by atoms with van der Waals surface area (Å²) in [6.45, 7) is 0. The van der Waals surface area contributed by atoms with Gasteiger partial charge in [-0.15, -0.1) is 0 Å². The molecule has 7 heteroatoms. The van der Waals surface area contributed by atoms with Gasteiger partial charge in [0.05, 0.1) is 4.92 Å². The molecule has 0 spiro atoms. The molecule has 0 saturated heterocycles. The van der Waals surface area contributed by atoms with Crippen molar-refractivity contribution in [1.29, 1.82) is 0 Å². The molecule has 1 heterocycles. The zero-order valence-electron chi connectivity index (χ0n) is 9.39. The van der Waals surface area contributed by atoms with Crippen LogP contribution in [0.4, 0.5) is 18.9 Å². The van der Waals surface area contributed by atoms with E-state index in [-0.39, 0.29) is 5.69 Å². The molecule has 2 aromatic rings. The van der Waals surface area contributed by atoms with E-state index in [0.717, 1.165) is 12.3 Å². The van der Waals surface area contributed by atoms with Gasteiger partial charge in [0.15, 0.2) is 0 Å². The second-order valence-electron chi connectivity index (χ2n) is 3.74. The number of nitro groups is 1. The molecule has 0 bridgehead atoms. The second kappa shape index (κ2) is 4.68. The number of pyridine rings is 1. The average molecular weight is 268 g/mol. The lowest BCUT2D eigenvalue weighted by Crippen LogP contribution is -2.07. The van der Waals surface area contributed by atoms with E-state index in [0.29, 0.717) is 11.1 Å². The first-order valence-corrected chi connectivity index (χ1v) is 5.16. The quantitative estimate of drug-likeness (QED) is 0.616. The van der Waals surface area contributed by atoms with E-state index in [1.807, 2.05) is 0 Å². The molecule has 0 aliphatic carbocycles. The van der Waals surface area contributed by atoms with Crippen molar-refractivity contribution in [3.8, 4) is 11.1 Å². The Kier molecular flexibility index (Phi) is 3.20. The molecule has 19 heavy (non-hydrogen) atoms. The molecule has 2 rings (SSSR count). The Hall–Kier alpha value is -2.44. The molecule has 98 valence electrons. The van der Waals surface area contributed by atoms with Crippen LogP contribution in [0.15, 0.2) is 42.6 Å². The molecule has 0 fully saturated rings. The van der Waals surface area contributed by atoms with Gasteiger partial charge in [0, 0.05) is 23.9 Å². The van der Waals surface area contributed by atoms with E-state index < -0.39 is 16.8 Å². The molecule has 1 aromatic carbocycles. The van der Waals surface area contributed by atoms with E-state index in [1.54, 1.807) is 6.07 Å². The highest BCUT2D eigenvalue weighted by molar-refractivity contribution is 5.65. The van der Waals surface area contributed by atoms with E-state index in [1.165, 1.54) is 24.3 Å². The predicted octanol–water partition coefficient (Wildman–Crippen LogP) is 3.68. The number of alkyl halides is 3. The molecule has 0 radical (unpaired) electrons. The van der Waals surface area contributed by atoms with Crippen molar-refractivity contribution in [2.45, 2.75) is 6.18 Å². The largest absolute Gasteiger partial charge is 0.433 e. The number of hydrogen-bond donors (Lipinski definition) is 0. The van der Waals surface area contributed by atoms with Crippen LogP contribution in [0.1, 0.15) is 5.69 Å². The zero-order chi connectivity index (χ0) is 14.0. The van der Waals surface area contributed by atoms with Gasteiger partial charge in [-0.2, -0.15) is 13.2 Å². The fraction of sp³-hybridized carbons (Fsp3) is 0.0833. The smallest absolute Gasteiger partial charge is 0.258 e. The molecule has 0 amide bonds. The minimum Gasteiger partial charge on any atom is -0.258 e. The number of hydrogen-bond acceptors (Lipinski definition) is 3. The molecule has 0 saturated carbocycles. The molecule has 0 unspecified atom stereocenters. The summed E-state index contributed by atoms with van der Waals surface area (Å²) < 4.78 is 37.0. The maximum absolute atomic E-state index is 12.3. The average Bonchev–Trinajstić information content (AvgIpc) is 2.38. The van der Waals surface area contributed by atoms with Crippen molar-refractivity contribution in [1.82, 2.24) is 4.98 Å². The molecule has 0 aliphatic rings. The number of rotatable bonds is 2. The van der Waals surface area contributed by atoms with Gasteiger partial charge in [0.2, 0.25) is 0 Å². The number of benzene rings is 1. The van der Waals surface area contributed by atoms with Crippen molar-refractivity contribution in [3.63, 3.8) is 0 Å². The summed E-state index contributed by atoms with van der Waals surface area (Å²) in [4.78, 5) is 13.3. The first-order chi connectivity index (χ1) is 8.88. The molecular formula is C12H7F3N2O2. The highest BCUT2D eigenvalue weighted by atomic mass is 19.4. The summed E-state index contributed by atoms with van der Waals surface area (Å²) in [6, 6.07) is 7.69. The number of nitrogens with zero attached hydrogens (tertiary/aromatic N) is 2. The number of halogens is 3. The van der Waals surface area contributed by atoms with Crippen molar-refractivity contribution in [2.24, 2.45) is 0 Å². The normalized spacial score (nSPS) is 11.3. The number of non-ortho nitro benzene ring substituents is 1. The fourth-order valence-corrected chi connectivity index (χ4v) is 1.53. The third kappa shape index (κ3) is 2.87. The van der Waals surface area contributed by atoms with Crippen LogP contribution in [0.5, 0.6) is 0 Å². The van der Waals surface area contributed by atoms with Crippen molar-refractivity contribution in [2.75, 3.05) is 0 Å². The molecule has 4 nitrogen and oxygen atoms in total. The van der Waals surface area contributed by atoms with Gasteiger partial charge in [-0.1, -0.05) is 18.2 Å². The fourth-order valence-electron chi connectivity index (χ4n) is 1.53. The second-order valence-corrected chi connectivity index (χ2v) is 3.74. The molecular weight excluding hydrogens is 261 g/mol. The minimum absolute atomic E-state index is 0.127. The highest BCUT2D eigenvalue weighted by Gasteiger charge is 2.32. The summed E-state index contributed by atoms with van der Waals surface area (Å²) in [7, 11) is 0. The van der Waals surface area contributed by atoms with E-state index in [9.17, 15) is 23.3 Å². The van der Waals surface area contributed by atoms with E-state index >= 15 is 0 Å². The topological polar surface area (TPSA) is 56.0 Å². The van der Waals surface area contributed by atoms with Crippen LogP contribution < -0.4 is 0 Å². The van der Waals surface area contributed by atoms with Gasteiger partial charge < -0.3 is 0 Å². The van der Waals surface area contributed by atoms with Crippen LogP contribution >= 0.6 is 0 Å². The van der Waals surface area contributed by atoms with Crippen molar-refractivity contribution >= 4 is 5.69 Å². The SMILES string of the molecule is O=[N+]([O-])c1cccc(-c2ccc(C(F)(F)F)nc2)c1. The van der Waals surface area contributed by atoms with Crippen LogP contribution in [-0.4, -0.2) is 9.91 Å². The zero-order valence-corrected chi connectivity index (χ0v) is 9.39. The Morgan fingerprint density at radius 2 is 1.84 bits per heavy atom. The summed E-state index contributed by atoms with van der Waals surface area (Å²) in [5, 5.41) is 10.6. The minimum atomic E-state index is -4.50. The first kappa shape index (κ1) is 13.0. The summed E-state index contributed by atoms with van der Waals surface area (Å²) in [6.07, 6.45) is -3.46. The summed E-state index contributed by atoms with van der Waals surface area (Å²) >= 11 is 0. The Morgan fingerprint density at radius 3 is 2.37 bits per heavy atom. The molecule has 0 atom stereocenters. The van der Waals surface area contributed by atoms with Gasteiger partial charge in [-0.05, 0) is 11.6 Å². The lowest BCUT2D eigenvalue weighted by atomic mass is 10.1. The Balaban J connectivity index is 2.37. The van der Waals surface area contributed by atoms with Crippen LogP contribution in [0.25, 0.3) is 11.1 Å². The monoisotopic (exact) mass is 268 g/mol. The number of nitro benzene ring substituents is 1. The first-order valence-electron chi connectivity index (χ1n) is 5.16. The maximum atomic E-state index is 12.3. The molecule has 0 aliphatic heterocycles. The Labute approximate surface area is 105 Å². The Bertz CT molecular complexity index is 609. The van der Waals surface area contributed by atoms with Gasteiger partial charge in [0.1, 0.15) is 5.69 Å². The maximum Gasteiger partial charge on any atom is 0.433 e. The van der Waals surface area contributed by atoms with Crippen LogP contribution in [0.3, 0.4) is 0 Å². The predicted molar refractivity (Wildman–Crippen MR) is 61.3 cm³/mol. The van der Waals surface area contributed by atoms with Crippen LogP contribution in [0, 0.1) is 10.1 Å². The van der Waals surface area contributed by atoms with Crippen molar-refractivity contribution in [3.05, 3.63) is 58.4 Å². The van der Waals surface area contributed by atoms with Crippen LogP contribution in [0.2, 0.25) is 0 Å². The van der Waals surface area contributed by atoms with Gasteiger partial charge in [0.25, 0.3) is 5.69 Å². The highest BCUT2D eigenvalue weighted by Crippen LogP contribution is 2.29. The van der Waals surface area contributed by atoms with Crippen molar-refractivity contribution < 1.29 is 18.1 Å². The Morgan fingerprint density at radius 1 is 1.11 bits per heavy atom. The van der Waals surface area contributed by atoms with E-state index in [4.69, 9.17) is 0 Å². The summed E-state index contributed by atoms with van der Waals surface area (Å²) in [5.74, 6) is 0. The summed E-state index contributed by atoms with van der Waals surface area (Å²) in [5.41, 5.74) is -0.300. The van der Waals surface area contributed by atoms with Crippen LogP contribution in [-0.2, 0) is 6.18 Å². The third-order valence-electron chi connectivity index (χ3n) is 2.44. The lowest BCUT2D eigenvalue weighted by Gasteiger charge is -2.06. The van der Waals surface area contributed by atoms with Gasteiger partial charge >= 0.3 is 6.18 Å². The molecule has 1 aromatic heterocycles. The number of aromatic nitrogens is 1. The third-order valence-corrected chi connectivity index (χ3v) is 2.44. The van der Waals surface area contributed by atoms with Gasteiger partial charge in [-0.25, -0.2) is 0 Å². The van der Waals surface area contributed by atoms with E-state index in [2.05, 4.69) is 4.98 Å².